The first-order chi connectivity index (χ1) is 18.3. The lowest BCUT2D eigenvalue weighted by atomic mass is 9.50. The molecule has 4 aliphatic rings. The summed E-state index contributed by atoms with van der Waals surface area (Å²) in [4.78, 5) is 0. The average molecular weight is 531 g/mol. The molecular formula is C36H66O2. The van der Waals surface area contributed by atoms with Gasteiger partial charge < -0.3 is 9.47 Å². The Morgan fingerprint density at radius 2 is 0.789 bits per heavy atom. The van der Waals surface area contributed by atoms with Crippen molar-refractivity contribution in [3.63, 3.8) is 0 Å². The van der Waals surface area contributed by atoms with E-state index in [0.29, 0.717) is 23.0 Å². The molecule has 0 radical (unpaired) electrons. The van der Waals surface area contributed by atoms with Crippen molar-refractivity contribution in [2.45, 2.75) is 169 Å². The number of hydrogen-bond acceptors (Lipinski definition) is 2. The quantitative estimate of drug-likeness (QED) is 0.264. The Morgan fingerprint density at radius 3 is 1.18 bits per heavy atom. The summed E-state index contributed by atoms with van der Waals surface area (Å²) in [6, 6.07) is 0. The molecule has 0 aromatic rings. The highest BCUT2D eigenvalue weighted by Gasteiger charge is 2.50. The summed E-state index contributed by atoms with van der Waals surface area (Å²) < 4.78 is 12.4. The van der Waals surface area contributed by atoms with Gasteiger partial charge in [0.1, 0.15) is 0 Å². The van der Waals surface area contributed by atoms with Crippen molar-refractivity contribution in [3.05, 3.63) is 0 Å². The van der Waals surface area contributed by atoms with E-state index in [-0.39, 0.29) is 0 Å². The third kappa shape index (κ3) is 7.21. The van der Waals surface area contributed by atoms with Crippen LogP contribution in [0.5, 0.6) is 0 Å². The van der Waals surface area contributed by atoms with Crippen molar-refractivity contribution >= 4 is 0 Å². The van der Waals surface area contributed by atoms with Crippen LogP contribution in [0.4, 0.5) is 0 Å². The average Bonchev–Trinajstić information content (AvgIpc) is 2.95. The minimum atomic E-state index is 0.492. The predicted molar refractivity (Wildman–Crippen MR) is 162 cm³/mol. The largest absolute Gasteiger partial charge is 0.378 e. The molecule has 38 heavy (non-hydrogen) atoms. The Morgan fingerprint density at radius 1 is 0.474 bits per heavy atom. The van der Waals surface area contributed by atoms with Gasteiger partial charge in [-0.1, -0.05) is 54.4 Å². The highest BCUT2D eigenvalue weighted by Crippen LogP contribution is 2.59. The van der Waals surface area contributed by atoms with E-state index < -0.39 is 0 Å². The maximum atomic E-state index is 6.23. The molecule has 4 rings (SSSR count). The summed E-state index contributed by atoms with van der Waals surface area (Å²) >= 11 is 0. The summed E-state index contributed by atoms with van der Waals surface area (Å²) in [5, 5.41) is 0. The fourth-order valence-corrected chi connectivity index (χ4v) is 10.1. The van der Waals surface area contributed by atoms with Gasteiger partial charge in [0.15, 0.2) is 0 Å². The van der Waals surface area contributed by atoms with Crippen LogP contribution in [0.1, 0.15) is 157 Å². The van der Waals surface area contributed by atoms with E-state index in [1.54, 1.807) is 0 Å². The van der Waals surface area contributed by atoms with Gasteiger partial charge in [-0.3, -0.25) is 0 Å². The Kier molecular flexibility index (Phi) is 11.5. The lowest BCUT2D eigenvalue weighted by Crippen LogP contribution is -2.47. The monoisotopic (exact) mass is 531 g/mol. The topological polar surface area (TPSA) is 18.5 Å². The van der Waals surface area contributed by atoms with Crippen LogP contribution < -0.4 is 0 Å². The molecule has 4 saturated carbocycles. The molecule has 0 aromatic carbocycles. The molecule has 1 unspecified atom stereocenters. The Bertz CT molecular complexity index is 655. The minimum Gasteiger partial charge on any atom is -0.378 e. The van der Waals surface area contributed by atoms with E-state index in [9.17, 15) is 0 Å². The second-order valence-electron chi connectivity index (χ2n) is 15.4. The zero-order valence-electron chi connectivity index (χ0n) is 26.6. The maximum absolute atomic E-state index is 6.23. The number of ether oxygens (including phenoxy) is 2. The van der Waals surface area contributed by atoms with Gasteiger partial charge in [0.05, 0.1) is 12.2 Å². The molecule has 0 aliphatic heterocycles. The zero-order valence-corrected chi connectivity index (χ0v) is 26.6. The molecule has 4 aliphatic carbocycles. The molecule has 0 heterocycles. The van der Waals surface area contributed by atoms with Crippen molar-refractivity contribution in [2.75, 3.05) is 13.2 Å². The molecule has 0 amide bonds. The highest BCUT2D eigenvalue weighted by atomic mass is 16.5. The Hall–Kier alpha value is -0.0800. The summed E-state index contributed by atoms with van der Waals surface area (Å²) in [5.41, 5.74) is 1.05. The Balaban J connectivity index is 1.37. The van der Waals surface area contributed by atoms with Gasteiger partial charge >= 0.3 is 0 Å². The molecule has 0 N–H and O–H groups in total. The van der Waals surface area contributed by atoms with Crippen LogP contribution in [-0.4, -0.2) is 25.4 Å². The second-order valence-corrected chi connectivity index (χ2v) is 15.4. The van der Waals surface area contributed by atoms with Gasteiger partial charge in [-0.25, -0.2) is 0 Å². The standard InChI is InChI=1S/C36H66O2/c1-7-25-37-33-21-17-29(18-22-33)35(4,5)28-13-15-31(16-14-28)36(6,30-11-9-27(3)10-12-30)32-19-23-34(24-20-32)38-26-8-2/h27-34H,7-26H2,1-6H3. The third-order valence-electron chi connectivity index (χ3n) is 13.0. The number of hydrogen-bond donors (Lipinski definition) is 0. The van der Waals surface area contributed by atoms with Crippen LogP contribution in [0.3, 0.4) is 0 Å². The van der Waals surface area contributed by atoms with Crippen molar-refractivity contribution in [1.82, 2.24) is 0 Å². The number of rotatable bonds is 11. The van der Waals surface area contributed by atoms with Crippen LogP contribution in [0.15, 0.2) is 0 Å². The van der Waals surface area contributed by atoms with Crippen molar-refractivity contribution < 1.29 is 9.47 Å². The molecule has 2 nitrogen and oxygen atoms in total. The SMILES string of the molecule is CCCOC1CCC(C(C)(C)C2CCC(C(C)(C3CCC(C)CC3)C3CCC(OCCC)CC3)CC2)CC1. The van der Waals surface area contributed by atoms with Gasteiger partial charge in [0.25, 0.3) is 0 Å². The van der Waals surface area contributed by atoms with Gasteiger partial charge in [-0.05, 0) is 149 Å². The van der Waals surface area contributed by atoms with E-state index in [1.165, 1.54) is 103 Å². The lowest BCUT2D eigenvalue weighted by molar-refractivity contribution is -0.0750. The first-order valence-electron chi connectivity index (χ1n) is 17.5. The Labute approximate surface area is 238 Å². The molecule has 4 fully saturated rings. The molecule has 0 saturated heterocycles. The fourth-order valence-electron chi connectivity index (χ4n) is 10.1. The summed E-state index contributed by atoms with van der Waals surface area (Å²) in [7, 11) is 0. The van der Waals surface area contributed by atoms with Gasteiger partial charge in [0.2, 0.25) is 0 Å². The smallest absolute Gasteiger partial charge is 0.0575 e. The van der Waals surface area contributed by atoms with Crippen molar-refractivity contribution in [3.8, 4) is 0 Å². The van der Waals surface area contributed by atoms with Crippen molar-refractivity contribution in [2.24, 2.45) is 46.3 Å². The van der Waals surface area contributed by atoms with Crippen LogP contribution in [0.25, 0.3) is 0 Å². The molecule has 2 heteroatoms. The van der Waals surface area contributed by atoms with E-state index in [4.69, 9.17) is 9.47 Å². The first-order valence-corrected chi connectivity index (χ1v) is 17.5. The first kappa shape index (κ1) is 30.9. The van der Waals surface area contributed by atoms with E-state index >= 15 is 0 Å². The van der Waals surface area contributed by atoms with E-state index in [2.05, 4.69) is 41.5 Å². The molecular weight excluding hydrogens is 464 g/mol. The molecule has 0 spiro atoms. The zero-order chi connectivity index (χ0) is 27.2. The molecule has 0 aromatic heterocycles. The van der Waals surface area contributed by atoms with Gasteiger partial charge in [-0.2, -0.15) is 0 Å². The van der Waals surface area contributed by atoms with Crippen molar-refractivity contribution in [1.29, 1.82) is 0 Å². The van der Waals surface area contributed by atoms with Gasteiger partial charge in [-0.15, -0.1) is 0 Å². The molecule has 222 valence electrons. The van der Waals surface area contributed by atoms with E-state index in [1.807, 2.05) is 0 Å². The fraction of sp³-hybridized carbons (Fsp3) is 1.00. The van der Waals surface area contributed by atoms with Crippen LogP contribution >= 0.6 is 0 Å². The third-order valence-corrected chi connectivity index (χ3v) is 13.0. The lowest BCUT2D eigenvalue weighted by Gasteiger charge is -2.55. The van der Waals surface area contributed by atoms with Crippen LogP contribution in [-0.2, 0) is 9.47 Å². The highest BCUT2D eigenvalue weighted by molar-refractivity contribution is 5.00. The maximum Gasteiger partial charge on any atom is 0.0575 e. The molecule has 0 bridgehead atoms. The van der Waals surface area contributed by atoms with Gasteiger partial charge in [0, 0.05) is 13.2 Å². The normalized spacial score (nSPS) is 39.0. The summed E-state index contributed by atoms with van der Waals surface area (Å²) in [6.07, 6.45) is 26.2. The second kappa shape index (κ2) is 14.2. The minimum absolute atomic E-state index is 0.492. The van der Waals surface area contributed by atoms with Crippen LogP contribution in [0.2, 0.25) is 0 Å². The summed E-state index contributed by atoms with van der Waals surface area (Å²) in [5.74, 6) is 5.61. The molecule has 1 atom stereocenters. The summed E-state index contributed by atoms with van der Waals surface area (Å²) in [6.45, 7) is 17.0. The van der Waals surface area contributed by atoms with E-state index in [0.717, 1.165) is 61.6 Å². The van der Waals surface area contributed by atoms with Crippen LogP contribution in [0, 0.1) is 46.3 Å². The predicted octanol–water partition coefficient (Wildman–Crippen LogP) is 10.6.